The molecule has 0 fully saturated rings. The van der Waals surface area contributed by atoms with Gasteiger partial charge in [-0.1, -0.05) is 18.2 Å². The number of nitrogens with one attached hydrogen (secondary N) is 1. The molecule has 154 valence electrons. The van der Waals surface area contributed by atoms with Crippen molar-refractivity contribution in [1.82, 2.24) is 25.0 Å². The van der Waals surface area contributed by atoms with E-state index in [0.717, 1.165) is 17.0 Å². The van der Waals surface area contributed by atoms with Crippen LogP contribution in [0.15, 0.2) is 54.7 Å². The van der Waals surface area contributed by atoms with Crippen molar-refractivity contribution in [2.24, 2.45) is 0 Å². The van der Waals surface area contributed by atoms with Crippen LogP contribution in [0.3, 0.4) is 0 Å². The number of hydrogen-bond acceptors (Lipinski definition) is 5. The first-order valence-corrected chi connectivity index (χ1v) is 9.82. The smallest absolute Gasteiger partial charge is 0.272 e. The Morgan fingerprint density at radius 1 is 1.17 bits per heavy atom. The molecule has 0 bridgehead atoms. The highest BCUT2D eigenvalue weighted by atomic mass is 16.5. The van der Waals surface area contributed by atoms with Gasteiger partial charge in [0.25, 0.3) is 11.8 Å². The molecule has 3 heterocycles. The Labute approximate surface area is 174 Å². The first-order chi connectivity index (χ1) is 14.6. The van der Waals surface area contributed by atoms with E-state index in [1.807, 2.05) is 42.5 Å². The Morgan fingerprint density at radius 3 is 2.87 bits per heavy atom. The Morgan fingerprint density at radius 2 is 2.07 bits per heavy atom. The molecule has 8 nitrogen and oxygen atoms in total. The standard InChI is InChI=1S/C22H23N5O3/c1-30-18-7-4-5-16(13-18)15-26-11-12-27-20(22(26)29)14-19(25-27)21(28)24-10-8-17-6-2-3-9-23-17/h2-7,9,13-14H,8,10-12,15H2,1H3,(H,24,28). The second-order valence-corrected chi connectivity index (χ2v) is 7.04. The van der Waals surface area contributed by atoms with Crippen molar-refractivity contribution in [2.75, 3.05) is 20.2 Å². The van der Waals surface area contributed by atoms with Crippen molar-refractivity contribution < 1.29 is 14.3 Å². The van der Waals surface area contributed by atoms with Gasteiger partial charge in [-0.05, 0) is 29.8 Å². The topological polar surface area (TPSA) is 89.3 Å². The van der Waals surface area contributed by atoms with Crippen molar-refractivity contribution in [1.29, 1.82) is 0 Å². The lowest BCUT2D eigenvalue weighted by Crippen LogP contribution is -2.39. The molecule has 0 spiro atoms. The molecule has 1 aromatic carbocycles. The van der Waals surface area contributed by atoms with E-state index >= 15 is 0 Å². The summed E-state index contributed by atoms with van der Waals surface area (Å²) in [4.78, 5) is 31.4. The third-order valence-electron chi connectivity index (χ3n) is 5.00. The number of aromatic nitrogens is 3. The number of hydrogen-bond donors (Lipinski definition) is 1. The van der Waals surface area contributed by atoms with E-state index in [2.05, 4.69) is 15.4 Å². The molecule has 8 heteroatoms. The van der Waals surface area contributed by atoms with Crippen molar-refractivity contribution in [3.8, 4) is 5.75 Å². The predicted octanol–water partition coefficient (Wildman–Crippen LogP) is 1.92. The molecule has 3 aromatic rings. The summed E-state index contributed by atoms with van der Waals surface area (Å²) >= 11 is 0. The van der Waals surface area contributed by atoms with Gasteiger partial charge in [0.15, 0.2) is 5.69 Å². The third-order valence-corrected chi connectivity index (χ3v) is 5.00. The summed E-state index contributed by atoms with van der Waals surface area (Å²) in [5, 5.41) is 7.16. The Balaban J connectivity index is 1.39. The van der Waals surface area contributed by atoms with Crippen LogP contribution in [0.4, 0.5) is 0 Å². The van der Waals surface area contributed by atoms with Crippen LogP contribution in [0.25, 0.3) is 0 Å². The number of carbonyl (C=O) groups is 2. The van der Waals surface area contributed by atoms with Gasteiger partial charge in [0, 0.05) is 44.0 Å². The van der Waals surface area contributed by atoms with Gasteiger partial charge in [0.2, 0.25) is 0 Å². The molecule has 0 aliphatic carbocycles. The fourth-order valence-electron chi connectivity index (χ4n) is 3.43. The molecule has 0 atom stereocenters. The van der Waals surface area contributed by atoms with Gasteiger partial charge in [-0.15, -0.1) is 0 Å². The molecule has 0 unspecified atom stereocenters. The first-order valence-electron chi connectivity index (χ1n) is 9.82. The second kappa shape index (κ2) is 8.77. The molecule has 1 N–H and O–H groups in total. The first kappa shape index (κ1) is 19.6. The fourth-order valence-corrected chi connectivity index (χ4v) is 3.43. The molecule has 1 aliphatic heterocycles. The van der Waals surface area contributed by atoms with Crippen molar-refractivity contribution >= 4 is 11.8 Å². The van der Waals surface area contributed by atoms with E-state index in [0.29, 0.717) is 38.3 Å². The highest BCUT2D eigenvalue weighted by Crippen LogP contribution is 2.19. The van der Waals surface area contributed by atoms with Crippen LogP contribution in [0.1, 0.15) is 32.2 Å². The molecule has 4 rings (SSSR count). The Bertz CT molecular complexity index is 1050. The molecular formula is C22H23N5O3. The third kappa shape index (κ3) is 4.32. The van der Waals surface area contributed by atoms with Crippen LogP contribution in [0.2, 0.25) is 0 Å². The average Bonchev–Trinajstić information content (AvgIpc) is 3.22. The maximum absolute atomic E-state index is 12.9. The lowest BCUT2D eigenvalue weighted by atomic mass is 10.1. The maximum atomic E-state index is 12.9. The molecule has 2 amide bonds. The van der Waals surface area contributed by atoms with E-state index in [9.17, 15) is 9.59 Å². The normalized spacial score (nSPS) is 13.1. The summed E-state index contributed by atoms with van der Waals surface area (Å²) in [5.41, 5.74) is 2.58. The molecule has 1 aliphatic rings. The van der Waals surface area contributed by atoms with Gasteiger partial charge in [-0.2, -0.15) is 5.10 Å². The van der Waals surface area contributed by atoms with E-state index in [4.69, 9.17) is 4.74 Å². The minimum Gasteiger partial charge on any atom is -0.497 e. The number of benzene rings is 1. The summed E-state index contributed by atoms with van der Waals surface area (Å²) in [7, 11) is 1.62. The monoisotopic (exact) mass is 405 g/mol. The summed E-state index contributed by atoms with van der Waals surface area (Å²) < 4.78 is 6.86. The quantitative estimate of drug-likeness (QED) is 0.649. The van der Waals surface area contributed by atoms with E-state index in [-0.39, 0.29) is 17.5 Å². The molecule has 0 saturated heterocycles. The zero-order valence-electron chi connectivity index (χ0n) is 16.7. The Kier molecular flexibility index (Phi) is 5.74. The fraction of sp³-hybridized carbons (Fsp3) is 0.273. The van der Waals surface area contributed by atoms with Gasteiger partial charge < -0.3 is 15.0 Å². The number of fused-ring (bicyclic) bond motifs is 1. The minimum atomic E-state index is -0.292. The van der Waals surface area contributed by atoms with Crippen LogP contribution < -0.4 is 10.1 Å². The average molecular weight is 405 g/mol. The maximum Gasteiger partial charge on any atom is 0.272 e. The number of carbonyl (C=O) groups excluding carboxylic acids is 2. The summed E-state index contributed by atoms with van der Waals surface area (Å²) in [6.07, 6.45) is 2.36. The highest BCUT2D eigenvalue weighted by Gasteiger charge is 2.28. The highest BCUT2D eigenvalue weighted by molar-refractivity contribution is 5.98. The summed E-state index contributed by atoms with van der Waals surface area (Å²) in [5.74, 6) is 0.329. The van der Waals surface area contributed by atoms with Crippen LogP contribution in [0.5, 0.6) is 5.75 Å². The van der Waals surface area contributed by atoms with Gasteiger partial charge in [0.1, 0.15) is 11.4 Å². The van der Waals surface area contributed by atoms with Crippen LogP contribution in [-0.2, 0) is 19.5 Å². The Hall–Kier alpha value is -3.68. The SMILES string of the molecule is COc1cccc(CN2CCn3nc(C(=O)NCCc4ccccn4)cc3C2=O)c1. The number of rotatable bonds is 7. The molecule has 30 heavy (non-hydrogen) atoms. The van der Waals surface area contributed by atoms with Crippen LogP contribution in [0, 0.1) is 0 Å². The lowest BCUT2D eigenvalue weighted by molar-refractivity contribution is 0.0683. The summed E-state index contributed by atoms with van der Waals surface area (Å²) in [6.45, 7) is 2.01. The number of pyridine rings is 1. The molecule has 0 saturated carbocycles. The second-order valence-electron chi connectivity index (χ2n) is 7.04. The molecule has 2 aromatic heterocycles. The molecule has 0 radical (unpaired) electrons. The predicted molar refractivity (Wildman–Crippen MR) is 110 cm³/mol. The number of amides is 2. The minimum absolute atomic E-state index is 0.135. The van der Waals surface area contributed by atoms with Crippen LogP contribution in [-0.4, -0.2) is 51.7 Å². The number of methoxy groups -OCH3 is 1. The van der Waals surface area contributed by atoms with Gasteiger partial charge in [-0.3, -0.25) is 19.3 Å². The van der Waals surface area contributed by atoms with Gasteiger partial charge in [-0.25, -0.2) is 0 Å². The van der Waals surface area contributed by atoms with Crippen LogP contribution >= 0.6 is 0 Å². The van der Waals surface area contributed by atoms with Gasteiger partial charge in [0.05, 0.1) is 13.7 Å². The van der Waals surface area contributed by atoms with E-state index in [1.165, 1.54) is 0 Å². The molecular weight excluding hydrogens is 382 g/mol. The largest absolute Gasteiger partial charge is 0.497 e. The van der Waals surface area contributed by atoms with E-state index < -0.39 is 0 Å². The zero-order chi connectivity index (χ0) is 20.9. The van der Waals surface area contributed by atoms with Crippen molar-refractivity contribution in [3.05, 3.63) is 77.4 Å². The van der Waals surface area contributed by atoms with Crippen molar-refractivity contribution in [3.63, 3.8) is 0 Å². The van der Waals surface area contributed by atoms with Crippen molar-refractivity contribution in [2.45, 2.75) is 19.5 Å². The number of ether oxygens (including phenoxy) is 1. The summed E-state index contributed by atoms with van der Waals surface area (Å²) in [6, 6.07) is 14.9. The van der Waals surface area contributed by atoms with Gasteiger partial charge >= 0.3 is 0 Å². The zero-order valence-corrected chi connectivity index (χ0v) is 16.7. The number of nitrogens with zero attached hydrogens (tertiary/aromatic N) is 4. The lowest BCUT2D eigenvalue weighted by Gasteiger charge is -2.27. The van der Waals surface area contributed by atoms with E-state index in [1.54, 1.807) is 29.0 Å².